The number of piperidine rings is 1. The van der Waals surface area contributed by atoms with Crippen molar-refractivity contribution in [3.8, 4) is 0 Å². The van der Waals surface area contributed by atoms with Gasteiger partial charge in [0.1, 0.15) is 0 Å². The molecule has 1 aromatic rings. The van der Waals surface area contributed by atoms with Gasteiger partial charge in [-0.3, -0.25) is 0 Å². The maximum atomic E-state index is 3.99. The summed E-state index contributed by atoms with van der Waals surface area (Å²) in [6, 6.07) is 9.24. The summed E-state index contributed by atoms with van der Waals surface area (Å²) >= 11 is 0. The molecule has 0 bridgehead atoms. The minimum absolute atomic E-state index is 0.614. The Hall–Kier alpha value is -0.860. The van der Waals surface area contributed by atoms with E-state index in [-0.39, 0.29) is 0 Å². The number of rotatable bonds is 2. The largest absolute Gasteiger partial charge is 0.307 e. The van der Waals surface area contributed by atoms with Crippen molar-refractivity contribution in [3.63, 3.8) is 0 Å². The van der Waals surface area contributed by atoms with Crippen LogP contribution in [0.15, 0.2) is 18.2 Å². The number of aryl methyl sites for hydroxylation is 2. The smallest absolute Gasteiger partial charge is 0.0328 e. The predicted molar refractivity (Wildman–Crippen MR) is 83.0 cm³/mol. The lowest BCUT2D eigenvalue weighted by molar-refractivity contribution is 0.161. The SMILES string of the molecule is Cc1ccc2c(c1)C(NC1CCN3CCCC3C1)CC2. The Kier molecular flexibility index (Phi) is 3.31. The molecule has 3 aliphatic rings. The fraction of sp³-hybridized carbons (Fsp3) is 0.667. The van der Waals surface area contributed by atoms with Gasteiger partial charge in [-0.15, -0.1) is 0 Å². The van der Waals surface area contributed by atoms with E-state index >= 15 is 0 Å². The minimum atomic E-state index is 0.614. The molecule has 1 aliphatic carbocycles. The summed E-state index contributed by atoms with van der Waals surface area (Å²) in [5.74, 6) is 0. The van der Waals surface area contributed by atoms with Gasteiger partial charge in [-0.25, -0.2) is 0 Å². The second kappa shape index (κ2) is 5.16. The van der Waals surface area contributed by atoms with Gasteiger partial charge < -0.3 is 10.2 Å². The molecule has 0 saturated carbocycles. The molecule has 108 valence electrons. The Labute approximate surface area is 122 Å². The molecule has 0 radical (unpaired) electrons. The summed E-state index contributed by atoms with van der Waals surface area (Å²) in [5, 5.41) is 3.99. The van der Waals surface area contributed by atoms with Crippen LogP contribution in [0, 0.1) is 6.92 Å². The highest BCUT2D eigenvalue weighted by atomic mass is 15.2. The van der Waals surface area contributed by atoms with Crippen molar-refractivity contribution in [1.82, 2.24) is 10.2 Å². The first kappa shape index (κ1) is 12.8. The van der Waals surface area contributed by atoms with Crippen LogP contribution in [0.25, 0.3) is 0 Å². The van der Waals surface area contributed by atoms with Crippen molar-refractivity contribution < 1.29 is 0 Å². The van der Waals surface area contributed by atoms with Gasteiger partial charge >= 0.3 is 0 Å². The van der Waals surface area contributed by atoms with Gasteiger partial charge in [0.15, 0.2) is 0 Å². The lowest BCUT2D eigenvalue weighted by Crippen LogP contribution is -2.46. The van der Waals surface area contributed by atoms with Crippen LogP contribution in [0.1, 0.15) is 54.8 Å². The summed E-state index contributed by atoms with van der Waals surface area (Å²) in [6.45, 7) is 4.88. The van der Waals surface area contributed by atoms with Gasteiger partial charge in [0.2, 0.25) is 0 Å². The van der Waals surface area contributed by atoms with Gasteiger partial charge in [0.25, 0.3) is 0 Å². The number of benzene rings is 1. The number of hydrogen-bond donors (Lipinski definition) is 1. The third kappa shape index (κ3) is 2.29. The molecule has 4 rings (SSSR count). The number of nitrogens with zero attached hydrogens (tertiary/aromatic N) is 1. The van der Waals surface area contributed by atoms with Gasteiger partial charge in [-0.05, 0) is 69.7 Å². The van der Waals surface area contributed by atoms with Crippen molar-refractivity contribution in [1.29, 1.82) is 0 Å². The molecule has 2 fully saturated rings. The molecule has 20 heavy (non-hydrogen) atoms. The van der Waals surface area contributed by atoms with E-state index in [2.05, 4.69) is 35.3 Å². The quantitative estimate of drug-likeness (QED) is 0.888. The zero-order valence-corrected chi connectivity index (χ0v) is 12.6. The third-order valence-corrected chi connectivity index (χ3v) is 5.64. The molecule has 0 amide bonds. The monoisotopic (exact) mass is 270 g/mol. The maximum absolute atomic E-state index is 3.99. The fourth-order valence-electron chi connectivity index (χ4n) is 4.56. The van der Waals surface area contributed by atoms with Gasteiger partial charge in [-0.2, -0.15) is 0 Å². The van der Waals surface area contributed by atoms with Crippen LogP contribution in [0.4, 0.5) is 0 Å². The van der Waals surface area contributed by atoms with Crippen molar-refractivity contribution >= 4 is 0 Å². The van der Waals surface area contributed by atoms with Crippen LogP contribution in [-0.4, -0.2) is 30.1 Å². The zero-order chi connectivity index (χ0) is 13.5. The highest BCUT2D eigenvalue weighted by Gasteiger charge is 2.33. The lowest BCUT2D eigenvalue weighted by Gasteiger charge is -2.36. The number of hydrogen-bond acceptors (Lipinski definition) is 2. The zero-order valence-electron chi connectivity index (χ0n) is 12.6. The van der Waals surface area contributed by atoms with Crippen molar-refractivity contribution in [2.75, 3.05) is 13.1 Å². The molecule has 2 heterocycles. The average Bonchev–Trinajstić information content (AvgIpc) is 3.05. The normalized spacial score (nSPS) is 33.1. The third-order valence-electron chi connectivity index (χ3n) is 5.64. The van der Waals surface area contributed by atoms with Crippen LogP contribution in [0.3, 0.4) is 0 Å². The van der Waals surface area contributed by atoms with E-state index in [0.29, 0.717) is 6.04 Å². The molecule has 2 saturated heterocycles. The highest BCUT2D eigenvalue weighted by Crippen LogP contribution is 2.34. The van der Waals surface area contributed by atoms with Gasteiger partial charge in [0, 0.05) is 18.1 Å². The van der Waals surface area contributed by atoms with Crippen LogP contribution >= 0.6 is 0 Å². The molecule has 3 unspecified atom stereocenters. The van der Waals surface area contributed by atoms with E-state index in [0.717, 1.165) is 12.1 Å². The van der Waals surface area contributed by atoms with Crippen molar-refractivity contribution in [2.45, 2.75) is 63.6 Å². The van der Waals surface area contributed by atoms with E-state index in [1.807, 2.05) is 0 Å². The van der Waals surface area contributed by atoms with Crippen LogP contribution < -0.4 is 5.32 Å². The molecular formula is C18H26N2. The first-order valence-electron chi connectivity index (χ1n) is 8.39. The number of fused-ring (bicyclic) bond motifs is 2. The fourth-order valence-corrected chi connectivity index (χ4v) is 4.56. The minimum Gasteiger partial charge on any atom is -0.307 e. The van der Waals surface area contributed by atoms with Gasteiger partial charge in [-0.1, -0.05) is 23.8 Å². The van der Waals surface area contributed by atoms with Gasteiger partial charge in [0.05, 0.1) is 0 Å². The Morgan fingerprint density at radius 1 is 1.15 bits per heavy atom. The van der Waals surface area contributed by atoms with E-state index in [9.17, 15) is 0 Å². The first-order valence-corrected chi connectivity index (χ1v) is 8.39. The first-order chi connectivity index (χ1) is 9.79. The van der Waals surface area contributed by atoms with E-state index in [4.69, 9.17) is 0 Å². The second-order valence-corrected chi connectivity index (χ2v) is 7.01. The Balaban J connectivity index is 1.44. The van der Waals surface area contributed by atoms with E-state index < -0.39 is 0 Å². The summed E-state index contributed by atoms with van der Waals surface area (Å²) in [5.41, 5.74) is 4.56. The van der Waals surface area contributed by atoms with Crippen molar-refractivity contribution in [2.24, 2.45) is 0 Å². The molecule has 1 N–H and O–H groups in total. The molecule has 0 spiro atoms. The topological polar surface area (TPSA) is 15.3 Å². The highest BCUT2D eigenvalue weighted by molar-refractivity contribution is 5.37. The number of nitrogens with one attached hydrogen (secondary N) is 1. The summed E-state index contributed by atoms with van der Waals surface area (Å²) in [6.07, 6.45) is 8.12. The van der Waals surface area contributed by atoms with E-state index in [1.165, 1.54) is 57.2 Å². The molecule has 1 aromatic carbocycles. The van der Waals surface area contributed by atoms with Crippen LogP contribution in [0.2, 0.25) is 0 Å². The molecule has 2 aliphatic heterocycles. The summed E-state index contributed by atoms with van der Waals surface area (Å²) in [4.78, 5) is 2.71. The average molecular weight is 270 g/mol. The Bertz CT molecular complexity index is 496. The predicted octanol–water partition coefficient (Wildman–Crippen LogP) is 3.20. The molecule has 3 atom stereocenters. The molecule has 2 nitrogen and oxygen atoms in total. The van der Waals surface area contributed by atoms with E-state index in [1.54, 1.807) is 11.1 Å². The lowest BCUT2D eigenvalue weighted by atomic mass is 9.96. The molecule has 0 aromatic heterocycles. The van der Waals surface area contributed by atoms with Crippen molar-refractivity contribution in [3.05, 3.63) is 34.9 Å². The standard InChI is InChI=1S/C18H26N2/c1-13-4-5-14-6-7-18(17(14)11-13)19-15-8-10-20-9-2-3-16(20)12-15/h4-5,11,15-16,18-19H,2-3,6-10,12H2,1H3. The Morgan fingerprint density at radius 3 is 3.05 bits per heavy atom. The summed E-state index contributed by atoms with van der Waals surface area (Å²) < 4.78 is 0. The van der Waals surface area contributed by atoms with Crippen LogP contribution in [0.5, 0.6) is 0 Å². The maximum Gasteiger partial charge on any atom is 0.0328 e. The molecule has 2 heteroatoms. The second-order valence-electron chi connectivity index (χ2n) is 7.01. The summed E-state index contributed by atoms with van der Waals surface area (Å²) in [7, 11) is 0. The van der Waals surface area contributed by atoms with Crippen LogP contribution in [-0.2, 0) is 6.42 Å². The molecular weight excluding hydrogens is 244 g/mol. The Morgan fingerprint density at radius 2 is 2.10 bits per heavy atom.